The molecule has 0 unspecified atom stereocenters. The molecule has 0 fully saturated rings. The van der Waals surface area contributed by atoms with Gasteiger partial charge in [-0.25, -0.2) is 4.99 Å². The van der Waals surface area contributed by atoms with Gasteiger partial charge in [-0.1, -0.05) is 175 Å². The van der Waals surface area contributed by atoms with Crippen molar-refractivity contribution in [3.8, 4) is 16.8 Å². The molecule has 0 bridgehead atoms. The highest BCUT2D eigenvalue weighted by molar-refractivity contribution is 6.30. The molecule has 0 aliphatic carbocycles. The molecule has 0 amide bonds. The molecule has 0 radical (unpaired) electrons. The molecule has 4 nitrogen and oxygen atoms in total. The van der Waals surface area contributed by atoms with Gasteiger partial charge >= 0.3 is 0 Å². The average Bonchev–Trinajstić information content (AvgIpc) is 3.63. The minimum Gasteiger partial charge on any atom is -0.383 e. The fourth-order valence-corrected chi connectivity index (χ4v) is 8.52. The third kappa shape index (κ3) is 6.47. The predicted octanol–water partition coefficient (Wildman–Crippen LogP) is 13.8. The first-order chi connectivity index (χ1) is 29.0. The summed E-state index contributed by atoms with van der Waals surface area (Å²) >= 11 is 0. The van der Waals surface area contributed by atoms with Crippen molar-refractivity contribution in [2.75, 3.05) is 0 Å². The Morgan fingerprint density at radius 3 is 1.78 bits per heavy atom. The van der Waals surface area contributed by atoms with Gasteiger partial charge < -0.3 is 10.3 Å². The standard InChI is InChI=1S/C48H32N4.C7H8/c49-47(31-12-2-1-3-13-31)51-48(50)41-19-10-18-39-36-15-6-7-16-37(36)42-28-33(22-25-40(42)46(39)41)34-23-26-45-43(29-34)38-17-8-9-20-44(38)52(45)35-24-21-30-11-4-5-14-32(30)27-35;1-7-5-3-2-4-6-7/h1-29H,(H3,49,50,51);2-6H,1H3. The third-order valence-electron chi connectivity index (χ3n) is 11.4. The van der Waals surface area contributed by atoms with Crippen LogP contribution in [0.15, 0.2) is 211 Å². The second-order valence-corrected chi connectivity index (χ2v) is 15.0. The van der Waals surface area contributed by atoms with Crippen LogP contribution in [-0.4, -0.2) is 16.2 Å². The van der Waals surface area contributed by atoms with Crippen LogP contribution in [0.2, 0.25) is 0 Å². The molecular weight excluding hydrogens is 717 g/mol. The van der Waals surface area contributed by atoms with Crippen molar-refractivity contribution in [1.82, 2.24) is 4.57 Å². The number of nitrogens with two attached hydrogens (primary N) is 1. The monoisotopic (exact) mass is 756 g/mol. The number of fused-ring (bicyclic) bond motifs is 10. The molecule has 3 N–H and O–H groups in total. The second-order valence-electron chi connectivity index (χ2n) is 15.0. The fraction of sp³-hybridized carbons (Fsp3) is 0.0182. The number of hydrogen-bond donors (Lipinski definition) is 2. The lowest BCUT2D eigenvalue weighted by atomic mass is 9.89. The van der Waals surface area contributed by atoms with Gasteiger partial charge in [0.15, 0.2) is 5.84 Å². The molecule has 0 aliphatic heterocycles. The first kappa shape index (κ1) is 35.6. The minimum absolute atomic E-state index is 0.140. The molecule has 0 saturated heterocycles. The first-order valence-corrected chi connectivity index (χ1v) is 19.9. The molecule has 0 atom stereocenters. The molecule has 0 aliphatic rings. The van der Waals surface area contributed by atoms with E-state index in [0.29, 0.717) is 5.84 Å². The number of rotatable bonds is 4. The molecule has 11 aromatic rings. The summed E-state index contributed by atoms with van der Waals surface area (Å²) < 4.78 is 2.38. The van der Waals surface area contributed by atoms with Gasteiger partial charge in [0, 0.05) is 33.0 Å². The quantitative estimate of drug-likeness (QED) is 0.105. The maximum absolute atomic E-state index is 9.13. The molecule has 4 heteroatoms. The third-order valence-corrected chi connectivity index (χ3v) is 11.4. The van der Waals surface area contributed by atoms with E-state index < -0.39 is 0 Å². The molecule has 59 heavy (non-hydrogen) atoms. The summed E-state index contributed by atoms with van der Waals surface area (Å²) in [6, 6.07) is 72.1. The summed E-state index contributed by atoms with van der Waals surface area (Å²) in [5, 5.41) is 20.7. The van der Waals surface area contributed by atoms with E-state index in [0.717, 1.165) is 54.9 Å². The zero-order valence-electron chi connectivity index (χ0n) is 32.6. The van der Waals surface area contributed by atoms with E-state index in [1.807, 2.05) is 60.7 Å². The second kappa shape index (κ2) is 14.9. The zero-order valence-corrected chi connectivity index (χ0v) is 32.6. The van der Waals surface area contributed by atoms with Crippen molar-refractivity contribution in [2.45, 2.75) is 6.92 Å². The molecule has 1 aromatic heterocycles. The Labute approximate surface area is 342 Å². The average molecular weight is 757 g/mol. The number of nitrogens with one attached hydrogen (secondary N) is 1. The Hall–Kier alpha value is -7.82. The Morgan fingerprint density at radius 2 is 1.03 bits per heavy atom. The van der Waals surface area contributed by atoms with Crippen LogP contribution in [0.1, 0.15) is 16.7 Å². The van der Waals surface area contributed by atoms with Crippen molar-refractivity contribution in [1.29, 1.82) is 5.41 Å². The van der Waals surface area contributed by atoms with Crippen molar-refractivity contribution >= 4 is 76.6 Å². The first-order valence-electron chi connectivity index (χ1n) is 19.9. The fourth-order valence-electron chi connectivity index (χ4n) is 8.52. The molecule has 280 valence electrons. The van der Waals surface area contributed by atoms with Gasteiger partial charge in [-0.05, 0) is 92.2 Å². The maximum Gasteiger partial charge on any atom is 0.154 e. The maximum atomic E-state index is 9.13. The largest absolute Gasteiger partial charge is 0.383 e. The number of benzene rings is 10. The van der Waals surface area contributed by atoms with Gasteiger partial charge in [0.1, 0.15) is 5.84 Å². The summed E-state index contributed by atoms with van der Waals surface area (Å²) in [5.41, 5.74) is 15.1. The van der Waals surface area contributed by atoms with Gasteiger partial charge in [-0.2, -0.15) is 0 Å². The molecular formula is C55H40N4. The van der Waals surface area contributed by atoms with Crippen LogP contribution in [-0.2, 0) is 0 Å². The normalized spacial score (nSPS) is 11.7. The number of aromatic nitrogens is 1. The van der Waals surface area contributed by atoms with E-state index in [2.05, 4.69) is 162 Å². The lowest BCUT2D eigenvalue weighted by Gasteiger charge is -2.15. The van der Waals surface area contributed by atoms with Gasteiger partial charge in [0.25, 0.3) is 0 Å². The van der Waals surface area contributed by atoms with E-state index in [1.54, 1.807) is 0 Å². The van der Waals surface area contributed by atoms with E-state index in [4.69, 9.17) is 11.1 Å². The Bertz CT molecular complexity index is 3410. The highest BCUT2D eigenvalue weighted by Gasteiger charge is 2.17. The summed E-state index contributed by atoms with van der Waals surface area (Å²) in [5.74, 6) is 0.466. The smallest absolute Gasteiger partial charge is 0.154 e. The van der Waals surface area contributed by atoms with Crippen molar-refractivity contribution in [2.24, 2.45) is 10.7 Å². The van der Waals surface area contributed by atoms with E-state index in [1.165, 1.54) is 43.5 Å². The number of para-hydroxylation sites is 1. The zero-order chi connectivity index (χ0) is 39.9. The van der Waals surface area contributed by atoms with Crippen molar-refractivity contribution < 1.29 is 0 Å². The van der Waals surface area contributed by atoms with Crippen LogP contribution in [0, 0.1) is 12.3 Å². The highest BCUT2D eigenvalue weighted by Crippen LogP contribution is 2.40. The number of amidine groups is 2. The molecule has 1 heterocycles. The Kier molecular flexibility index (Phi) is 9.00. The summed E-state index contributed by atoms with van der Waals surface area (Å²) in [4.78, 5) is 4.59. The van der Waals surface area contributed by atoms with E-state index in [9.17, 15) is 0 Å². The SMILES string of the molecule is Cc1ccccc1.N=C(N=C(N)c1ccccc1)c1cccc2c3ccccc3c3cc(-c4ccc5c(c4)c4ccccc4n5-c4ccc5ccccc5c4)ccc3c12. The predicted molar refractivity (Wildman–Crippen MR) is 251 cm³/mol. The van der Waals surface area contributed by atoms with E-state index in [-0.39, 0.29) is 5.84 Å². The Balaban J connectivity index is 0.000000547. The summed E-state index contributed by atoms with van der Waals surface area (Å²) in [7, 11) is 0. The lowest BCUT2D eigenvalue weighted by molar-refractivity contribution is 1.19. The lowest BCUT2D eigenvalue weighted by Crippen LogP contribution is -2.15. The van der Waals surface area contributed by atoms with Crippen LogP contribution in [0.3, 0.4) is 0 Å². The number of aliphatic imine (C=N–C) groups is 1. The van der Waals surface area contributed by atoms with Crippen LogP contribution in [0.5, 0.6) is 0 Å². The number of aryl methyl sites for hydroxylation is 1. The number of nitrogens with zero attached hydrogens (tertiary/aromatic N) is 2. The van der Waals surface area contributed by atoms with Crippen LogP contribution in [0.4, 0.5) is 0 Å². The number of hydrogen-bond acceptors (Lipinski definition) is 1. The van der Waals surface area contributed by atoms with Crippen LogP contribution < -0.4 is 5.73 Å². The minimum atomic E-state index is 0.140. The molecule has 11 rings (SSSR count). The Morgan fingerprint density at radius 1 is 0.458 bits per heavy atom. The van der Waals surface area contributed by atoms with Gasteiger partial charge in [0.05, 0.1) is 11.0 Å². The van der Waals surface area contributed by atoms with Gasteiger partial charge in [0.2, 0.25) is 0 Å². The van der Waals surface area contributed by atoms with Crippen molar-refractivity contribution in [3.05, 3.63) is 223 Å². The van der Waals surface area contributed by atoms with Gasteiger partial charge in [-0.15, -0.1) is 0 Å². The molecule has 10 aromatic carbocycles. The summed E-state index contributed by atoms with van der Waals surface area (Å²) in [6.07, 6.45) is 0. The summed E-state index contributed by atoms with van der Waals surface area (Å²) in [6.45, 7) is 2.08. The van der Waals surface area contributed by atoms with Crippen molar-refractivity contribution in [3.63, 3.8) is 0 Å². The van der Waals surface area contributed by atoms with Crippen LogP contribution in [0.25, 0.3) is 81.7 Å². The van der Waals surface area contributed by atoms with Crippen LogP contribution >= 0.6 is 0 Å². The molecule has 0 saturated carbocycles. The van der Waals surface area contributed by atoms with Gasteiger partial charge in [-0.3, -0.25) is 5.41 Å². The molecule has 0 spiro atoms. The topological polar surface area (TPSA) is 67.2 Å². The highest BCUT2D eigenvalue weighted by atomic mass is 15.0. The van der Waals surface area contributed by atoms with E-state index >= 15 is 0 Å².